The van der Waals surface area contributed by atoms with Crippen LogP contribution >= 0.6 is 0 Å². The van der Waals surface area contributed by atoms with E-state index in [1.54, 1.807) is 0 Å². The molecule has 0 saturated heterocycles. The van der Waals surface area contributed by atoms with E-state index in [1.165, 1.54) is 56.1 Å². The lowest BCUT2D eigenvalue weighted by Crippen LogP contribution is -2.05. The van der Waals surface area contributed by atoms with Crippen LogP contribution in [0.3, 0.4) is 0 Å². The van der Waals surface area contributed by atoms with Gasteiger partial charge in [0.15, 0.2) is 0 Å². The monoisotopic (exact) mass is 286 g/mol. The number of rotatable bonds is 8. The minimum atomic E-state index is 0.831. The van der Waals surface area contributed by atoms with Crippen LogP contribution in [0.4, 0.5) is 0 Å². The predicted octanol–water partition coefficient (Wildman–Crippen LogP) is 6.24. The normalized spacial score (nSPS) is 18.4. The average molecular weight is 286 g/mol. The lowest BCUT2D eigenvalue weighted by atomic mass is 9.84. The van der Waals surface area contributed by atoms with E-state index in [-0.39, 0.29) is 0 Å². The van der Waals surface area contributed by atoms with Crippen molar-refractivity contribution in [2.45, 2.75) is 65.2 Å². The predicted molar refractivity (Wildman–Crippen MR) is 91.7 cm³/mol. The van der Waals surface area contributed by atoms with Gasteiger partial charge in [-0.3, -0.25) is 0 Å². The van der Waals surface area contributed by atoms with Gasteiger partial charge in [0.25, 0.3) is 0 Å². The van der Waals surface area contributed by atoms with Crippen molar-refractivity contribution in [1.29, 1.82) is 0 Å². The molecule has 1 heteroatoms. The topological polar surface area (TPSA) is 9.23 Å². The highest BCUT2D eigenvalue weighted by Gasteiger charge is 2.14. The zero-order valence-corrected chi connectivity index (χ0v) is 13.7. The van der Waals surface area contributed by atoms with Crippen molar-refractivity contribution in [3.8, 4) is 5.75 Å². The van der Waals surface area contributed by atoms with Crippen molar-refractivity contribution in [3.63, 3.8) is 0 Å². The second kappa shape index (κ2) is 8.92. The number of ether oxygens (including phenoxy) is 1. The van der Waals surface area contributed by atoms with Crippen LogP contribution in [0.1, 0.15) is 70.8 Å². The van der Waals surface area contributed by atoms with Crippen molar-refractivity contribution in [1.82, 2.24) is 0 Å². The van der Waals surface area contributed by atoms with E-state index in [0.717, 1.165) is 24.7 Å². The largest absolute Gasteiger partial charge is 0.494 e. The second-order valence-corrected chi connectivity index (χ2v) is 6.24. The van der Waals surface area contributed by atoms with Gasteiger partial charge in [-0.25, -0.2) is 0 Å². The summed E-state index contributed by atoms with van der Waals surface area (Å²) < 4.78 is 5.73. The summed E-state index contributed by atoms with van der Waals surface area (Å²) in [4.78, 5) is 0. The van der Waals surface area contributed by atoms with Gasteiger partial charge in [-0.1, -0.05) is 57.7 Å². The molecule has 0 radical (unpaired) electrons. The van der Waals surface area contributed by atoms with E-state index in [0.29, 0.717) is 0 Å². The Morgan fingerprint density at radius 3 is 2.43 bits per heavy atom. The first-order valence-electron chi connectivity index (χ1n) is 8.75. The van der Waals surface area contributed by atoms with Gasteiger partial charge in [0.1, 0.15) is 5.75 Å². The highest BCUT2D eigenvalue weighted by atomic mass is 16.5. The number of allylic oxidation sites excluding steroid dienone is 2. The molecule has 0 amide bonds. The highest BCUT2D eigenvalue weighted by Crippen LogP contribution is 2.33. The van der Waals surface area contributed by atoms with E-state index in [9.17, 15) is 0 Å². The van der Waals surface area contributed by atoms with E-state index in [4.69, 9.17) is 4.74 Å². The molecule has 0 aromatic heterocycles. The summed E-state index contributed by atoms with van der Waals surface area (Å²) in [5, 5.41) is 0. The van der Waals surface area contributed by atoms with E-state index >= 15 is 0 Å². The Morgan fingerprint density at radius 1 is 1.05 bits per heavy atom. The zero-order valence-electron chi connectivity index (χ0n) is 13.7. The maximum atomic E-state index is 5.73. The molecule has 0 saturated carbocycles. The van der Waals surface area contributed by atoms with Crippen LogP contribution in [0.15, 0.2) is 30.3 Å². The Morgan fingerprint density at radius 2 is 1.81 bits per heavy atom. The number of hydrogen-bond donors (Lipinski definition) is 0. The molecule has 1 aliphatic rings. The summed E-state index contributed by atoms with van der Waals surface area (Å²) in [7, 11) is 0. The quantitative estimate of drug-likeness (QED) is 0.514. The van der Waals surface area contributed by atoms with Crippen molar-refractivity contribution in [3.05, 3.63) is 35.9 Å². The fourth-order valence-corrected chi connectivity index (χ4v) is 3.01. The number of unbranched alkanes of at least 4 members (excludes halogenated alkanes) is 2. The van der Waals surface area contributed by atoms with Crippen LogP contribution in [0.25, 0.3) is 5.57 Å². The Labute approximate surface area is 130 Å². The lowest BCUT2D eigenvalue weighted by Gasteiger charge is -2.22. The van der Waals surface area contributed by atoms with Crippen molar-refractivity contribution < 1.29 is 4.74 Å². The third kappa shape index (κ3) is 5.22. The van der Waals surface area contributed by atoms with Gasteiger partial charge in [-0.05, 0) is 54.9 Å². The molecule has 2 rings (SSSR count). The smallest absolute Gasteiger partial charge is 0.119 e. The lowest BCUT2D eigenvalue weighted by molar-refractivity contribution is 0.309. The third-order valence-electron chi connectivity index (χ3n) is 4.48. The first-order chi connectivity index (χ1) is 10.3. The van der Waals surface area contributed by atoms with E-state index in [2.05, 4.69) is 44.2 Å². The van der Waals surface area contributed by atoms with Crippen LogP contribution in [0.5, 0.6) is 5.75 Å². The van der Waals surface area contributed by atoms with Crippen molar-refractivity contribution >= 4 is 5.57 Å². The van der Waals surface area contributed by atoms with Gasteiger partial charge in [0.05, 0.1) is 6.61 Å². The molecule has 1 aliphatic carbocycles. The Hall–Kier alpha value is -1.24. The van der Waals surface area contributed by atoms with Crippen molar-refractivity contribution in [2.24, 2.45) is 5.92 Å². The van der Waals surface area contributed by atoms with Crippen LogP contribution < -0.4 is 4.74 Å². The molecule has 0 bridgehead atoms. The second-order valence-electron chi connectivity index (χ2n) is 6.24. The number of hydrogen-bond acceptors (Lipinski definition) is 1. The minimum absolute atomic E-state index is 0.831. The summed E-state index contributed by atoms with van der Waals surface area (Å²) in [5.74, 6) is 1.93. The molecule has 116 valence electrons. The van der Waals surface area contributed by atoms with Crippen LogP contribution in [-0.4, -0.2) is 6.61 Å². The SMILES string of the molecule is CCCCOc1ccc(C2=CCC(CCCC)CC2)cc1. The van der Waals surface area contributed by atoms with E-state index in [1.807, 2.05) is 0 Å². The summed E-state index contributed by atoms with van der Waals surface area (Å²) in [5.41, 5.74) is 2.91. The molecule has 0 spiro atoms. The maximum absolute atomic E-state index is 5.73. The summed E-state index contributed by atoms with van der Waals surface area (Å²) in [6, 6.07) is 8.68. The summed E-state index contributed by atoms with van der Waals surface area (Å²) in [6.45, 7) is 5.31. The highest BCUT2D eigenvalue weighted by molar-refractivity contribution is 5.66. The summed E-state index contributed by atoms with van der Waals surface area (Å²) in [6.07, 6.45) is 12.8. The average Bonchev–Trinajstić information content (AvgIpc) is 2.54. The molecule has 0 fully saturated rings. The Bertz CT molecular complexity index is 430. The Kier molecular flexibility index (Phi) is 6.85. The molecule has 0 heterocycles. The molecule has 0 N–H and O–H groups in total. The first-order valence-corrected chi connectivity index (χ1v) is 8.75. The van der Waals surface area contributed by atoms with Gasteiger partial charge in [-0.15, -0.1) is 0 Å². The zero-order chi connectivity index (χ0) is 14.9. The van der Waals surface area contributed by atoms with Crippen molar-refractivity contribution in [2.75, 3.05) is 6.61 Å². The molecular weight excluding hydrogens is 256 g/mol. The molecule has 21 heavy (non-hydrogen) atoms. The van der Waals surface area contributed by atoms with E-state index < -0.39 is 0 Å². The molecule has 0 aliphatic heterocycles. The standard InChI is InChI=1S/C20H30O/c1-3-5-7-17-8-10-18(11-9-17)19-12-14-20(15-13-19)21-16-6-4-2/h10,12-15,17H,3-9,11,16H2,1-2H3. The summed E-state index contributed by atoms with van der Waals surface area (Å²) >= 11 is 0. The van der Waals surface area contributed by atoms with Gasteiger partial charge in [0.2, 0.25) is 0 Å². The first kappa shape index (κ1) is 16.1. The van der Waals surface area contributed by atoms with Gasteiger partial charge in [0, 0.05) is 0 Å². The third-order valence-corrected chi connectivity index (χ3v) is 4.48. The molecule has 1 atom stereocenters. The van der Waals surface area contributed by atoms with Crippen LogP contribution in [0.2, 0.25) is 0 Å². The Balaban J connectivity index is 1.86. The molecule has 1 aromatic carbocycles. The van der Waals surface area contributed by atoms with Gasteiger partial charge < -0.3 is 4.74 Å². The fourth-order valence-electron chi connectivity index (χ4n) is 3.01. The molecule has 1 aromatic rings. The van der Waals surface area contributed by atoms with Crippen LogP contribution in [0, 0.1) is 5.92 Å². The number of benzene rings is 1. The van der Waals surface area contributed by atoms with Gasteiger partial charge in [-0.2, -0.15) is 0 Å². The maximum Gasteiger partial charge on any atom is 0.119 e. The fraction of sp³-hybridized carbons (Fsp3) is 0.600. The minimum Gasteiger partial charge on any atom is -0.494 e. The molecule has 1 nitrogen and oxygen atoms in total. The molecule has 1 unspecified atom stereocenters. The van der Waals surface area contributed by atoms with Gasteiger partial charge >= 0.3 is 0 Å². The van der Waals surface area contributed by atoms with Crippen LogP contribution in [-0.2, 0) is 0 Å². The molecular formula is C20H30O.